The SMILES string of the molecule is COc1cc(N2C(=O)[C@@H](n3cc(CO)nn3)[C@@H]2c2ccc(C)c(OCc3ccccc3)c2)cc(C)c1C. The second kappa shape index (κ2) is 10.1. The summed E-state index contributed by atoms with van der Waals surface area (Å²) in [6, 6.07) is 19.0. The maximum absolute atomic E-state index is 13.6. The molecule has 0 spiro atoms. The van der Waals surface area contributed by atoms with Gasteiger partial charge in [-0.2, -0.15) is 0 Å². The van der Waals surface area contributed by atoms with Crippen LogP contribution in [-0.2, 0) is 18.0 Å². The van der Waals surface area contributed by atoms with Crippen molar-refractivity contribution in [1.29, 1.82) is 0 Å². The summed E-state index contributed by atoms with van der Waals surface area (Å²) >= 11 is 0. The molecule has 4 aromatic rings. The first kappa shape index (κ1) is 24.5. The largest absolute Gasteiger partial charge is 0.496 e. The van der Waals surface area contributed by atoms with Crippen molar-refractivity contribution in [3.05, 3.63) is 100 Å². The molecule has 2 heterocycles. The maximum Gasteiger partial charge on any atom is 0.255 e. The number of hydrogen-bond donors (Lipinski definition) is 1. The molecule has 1 aliphatic heterocycles. The van der Waals surface area contributed by atoms with E-state index in [0.29, 0.717) is 12.3 Å². The van der Waals surface area contributed by atoms with Gasteiger partial charge in [0.15, 0.2) is 6.04 Å². The number of β-lactam (4-membered cyclic amide) rings is 1. The number of hydrogen-bond acceptors (Lipinski definition) is 6. The number of carbonyl (C=O) groups excluding carboxylic acids is 1. The molecule has 1 N–H and O–H groups in total. The third-order valence-electron chi connectivity index (χ3n) is 6.97. The highest BCUT2D eigenvalue weighted by molar-refractivity contribution is 6.04. The van der Waals surface area contributed by atoms with Gasteiger partial charge >= 0.3 is 0 Å². The summed E-state index contributed by atoms with van der Waals surface area (Å²) in [4.78, 5) is 15.4. The summed E-state index contributed by atoms with van der Waals surface area (Å²) in [7, 11) is 1.63. The number of ether oxygens (including phenoxy) is 2. The van der Waals surface area contributed by atoms with Crippen molar-refractivity contribution in [3.8, 4) is 11.5 Å². The molecule has 8 nitrogen and oxygen atoms in total. The van der Waals surface area contributed by atoms with Crippen molar-refractivity contribution in [1.82, 2.24) is 15.0 Å². The van der Waals surface area contributed by atoms with E-state index in [2.05, 4.69) is 10.3 Å². The minimum absolute atomic E-state index is 0.114. The molecule has 1 aliphatic rings. The van der Waals surface area contributed by atoms with Crippen LogP contribution in [0, 0.1) is 20.8 Å². The van der Waals surface area contributed by atoms with E-state index in [1.54, 1.807) is 18.2 Å². The van der Waals surface area contributed by atoms with Crippen LogP contribution in [0.1, 0.15) is 45.6 Å². The number of nitrogens with zero attached hydrogens (tertiary/aromatic N) is 4. The van der Waals surface area contributed by atoms with Gasteiger partial charge in [-0.05, 0) is 60.7 Å². The van der Waals surface area contributed by atoms with E-state index < -0.39 is 6.04 Å². The number of aliphatic hydroxyl groups is 1. The smallest absolute Gasteiger partial charge is 0.255 e. The number of aryl methyl sites for hydroxylation is 2. The number of amides is 1. The molecule has 0 aliphatic carbocycles. The van der Waals surface area contributed by atoms with Gasteiger partial charge in [-0.1, -0.05) is 47.7 Å². The molecule has 1 amide bonds. The zero-order valence-corrected chi connectivity index (χ0v) is 21.4. The molecule has 1 saturated heterocycles. The van der Waals surface area contributed by atoms with Gasteiger partial charge in [-0.3, -0.25) is 4.79 Å². The van der Waals surface area contributed by atoms with Crippen LogP contribution in [-0.4, -0.2) is 33.1 Å². The van der Waals surface area contributed by atoms with Gasteiger partial charge in [-0.15, -0.1) is 5.10 Å². The van der Waals surface area contributed by atoms with Crippen LogP contribution in [0.2, 0.25) is 0 Å². The molecule has 37 heavy (non-hydrogen) atoms. The number of carbonyl (C=O) groups is 1. The Hall–Kier alpha value is -4.17. The van der Waals surface area contributed by atoms with Crippen molar-refractivity contribution < 1.29 is 19.4 Å². The predicted octanol–water partition coefficient (Wildman–Crippen LogP) is 4.61. The van der Waals surface area contributed by atoms with Gasteiger partial charge in [0.2, 0.25) is 0 Å². The van der Waals surface area contributed by atoms with E-state index in [1.165, 1.54) is 4.68 Å². The number of aliphatic hydroxyl groups excluding tert-OH is 1. The zero-order chi connectivity index (χ0) is 26.1. The molecule has 3 aromatic carbocycles. The molecule has 2 atom stereocenters. The molecule has 1 fully saturated rings. The average molecular weight is 499 g/mol. The van der Waals surface area contributed by atoms with Crippen LogP contribution in [0.25, 0.3) is 0 Å². The Morgan fingerprint density at radius 2 is 1.73 bits per heavy atom. The number of methoxy groups -OCH3 is 1. The molecule has 8 heteroatoms. The quantitative estimate of drug-likeness (QED) is 0.357. The first-order chi connectivity index (χ1) is 17.9. The van der Waals surface area contributed by atoms with Crippen LogP contribution in [0.3, 0.4) is 0 Å². The number of aromatic nitrogens is 3. The van der Waals surface area contributed by atoms with Crippen LogP contribution in [0.4, 0.5) is 5.69 Å². The van der Waals surface area contributed by atoms with E-state index >= 15 is 0 Å². The lowest BCUT2D eigenvalue weighted by atomic mass is 9.86. The topological polar surface area (TPSA) is 89.7 Å². The van der Waals surface area contributed by atoms with Crippen molar-refractivity contribution in [2.45, 2.75) is 46.1 Å². The van der Waals surface area contributed by atoms with Crippen molar-refractivity contribution in [2.75, 3.05) is 12.0 Å². The Morgan fingerprint density at radius 1 is 0.946 bits per heavy atom. The van der Waals surface area contributed by atoms with Gasteiger partial charge in [0, 0.05) is 11.8 Å². The number of rotatable bonds is 8. The van der Waals surface area contributed by atoms with Crippen LogP contribution in [0.15, 0.2) is 66.9 Å². The number of benzene rings is 3. The zero-order valence-electron chi connectivity index (χ0n) is 21.4. The van der Waals surface area contributed by atoms with E-state index in [-0.39, 0.29) is 18.6 Å². The second-order valence-corrected chi connectivity index (χ2v) is 9.34. The Morgan fingerprint density at radius 3 is 2.43 bits per heavy atom. The molecule has 0 radical (unpaired) electrons. The summed E-state index contributed by atoms with van der Waals surface area (Å²) in [5.74, 6) is 1.37. The summed E-state index contributed by atoms with van der Waals surface area (Å²) in [5.41, 5.74) is 6.22. The monoisotopic (exact) mass is 498 g/mol. The highest BCUT2D eigenvalue weighted by Crippen LogP contribution is 2.48. The van der Waals surface area contributed by atoms with Gasteiger partial charge in [0.25, 0.3) is 5.91 Å². The minimum Gasteiger partial charge on any atom is -0.496 e. The molecule has 1 aromatic heterocycles. The summed E-state index contributed by atoms with van der Waals surface area (Å²) < 4.78 is 13.3. The maximum atomic E-state index is 13.6. The van der Waals surface area contributed by atoms with Crippen LogP contribution in [0.5, 0.6) is 11.5 Å². The lowest BCUT2D eigenvalue weighted by molar-refractivity contribution is -0.129. The number of anilines is 1. The standard InChI is InChI=1S/C29H30N4O4/c1-18-10-11-22(13-25(18)37-17-21-8-6-5-7-9-21)27-28(32-15-23(16-34)30-31-32)29(35)33(27)24-12-19(2)20(3)26(14-24)36-4/h5-15,27-28,34H,16-17H2,1-4H3/t27-,28-/m0/s1. The normalized spacial score (nSPS) is 17.0. The molecule has 5 rings (SSSR count). The summed E-state index contributed by atoms with van der Waals surface area (Å²) in [5, 5.41) is 17.6. The molecular formula is C29H30N4O4. The highest BCUT2D eigenvalue weighted by atomic mass is 16.5. The second-order valence-electron chi connectivity index (χ2n) is 9.34. The fourth-order valence-corrected chi connectivity index (χ4v) is 4.72. The minimum atomic E-state index is -0.606. The lowest BCUT2D eigenvalue weighted by Crippen LogP contribution is -2.56. The van der Waals surface area contributed by atoms with Gasteiger partial charge in [0.1, 0.15) is 23.8 Å². The van der Waals surface area contributed by atoms with E-state index in [1.807, 2.05) is 81.4 Å². The Kier molecular flexibility index (Phi) is 6.67. The molecule has 0 unspecified atom stereocenters. The predicted molar refractivity (Wildman–Crippen MR) is 140 cm³/mol. The van der Waals surface area contributed by atoms with Gasteiger partial charge in [-0.25, -0.2) is 4.68 Å². The molecule has 190 valence electrons. The Balaban J connectivity index is 1.54. The lowest BCUT2D eigenvalue weighted by Gasteiger charge is -2.47. The van der Waals surface area contributed by atoms with E-state index in [0.717, 1.165) is 45.0 Å². The average Bonchev–Trinajstić information content (AvgIpc) is 3.37. The fraction of sp³-hybridized carbons (Fsp3) is 0.276. The van der Waals surface area contributed by atoms with Crippen LogP contribution >= 0.6 is 0 Å². The summed E-state index contributed by atoms with van der Waals surface area (Å²) in [6.07, 6.45) is 1.62. The summed E-state index contributed by atoms with van der Waals surface area (Å²) in [6.45, 7) is 6.21. The van der Waals surface area contributed by atoms with Crippen molar-refractivity contribution in [3.63, 3.8) is 0 Å². The fourth-order valence-electron chi connectivity index (χ4n) is 4.72. The van der Waals surface area contributed by atoms with Crippen molar-refractivity contribution in [2.24, 2.45) is 0 Å². The first-order valence-corrected chi connectivity index (χ1v) is 12.2. The molecule has 0 saturated carbocycles. The van der Waals surface area contributed by atoms with Gasteiger partial charge < -0.3 is 19.5 Å². The Bertz CT molecular complexity index is 1430. The van der Waals surface area contributed by atoms with E-state index in [9.17, 15) is 9.90 Å². The Labute approximate surface area is 216 Å². The third-order valence-corrected chi connectivity index (χ3v) is 6.97. The third kappa shape index (κ3) is 4.56. The van der Waals surface area contributed by atoms with Crippen molar-refractivity contribution >= 4 is 11.6 Å². The molecular weight excluding hydrogens is 468 g/mol. The van der Waals surface area contributed by atoms with Gasteiger partial charge in [0.05, 0.1) is 26.0 Å². The van der Waals surface area contributed by atoms with E-state index in [4.69, 9.17) is 9.47 Å². The highest BCUT2D eigenvalue weighted by Gasteiger charge is 2.51. The first-order valence-electron chi connectivity index (χ1n) is 12.2. The molecule has 0 bridgehead atoms. The van der Waals surface area contributed by atoms with Crippen LogP contribution < -0.4 is 14.4 Å².